The molecule has 0 aliphatic rings. The van der Waals surface area contributed by atoms with Gasteiger partial charge in [-0.25, -0.2) is 0 Å². The zero-order valence-corrected chi connectivity index (χ0v) is 14.4. The highest BCUT2D eigenvalue weighted by molar-refractivity contribution is 5.69. The molecule has 0 aromatic carbocycles. The molecule has 0 aliphatic carbocycles. The summed E-state index contributed by atoms with van der Waals surface area (Å²) in [6, 6.07) is 0. The van der Waals surface area contributed by atoms with Gasteiger partial charge in [0.25, 0.3) is 0 Å². The molecular formula is C18H34O4. The molecule has 22 heavy (non-hydrogen) atoms. The van der Waals surface area contributed by atoms with Crippen LogP contribution in [0.4, 0.5) is 0 Å². The summed E-state index contributed by atoms with van der Waals surface area (Å²) < 4.78 is 4.94. The Morgan fingerprint density at radius 3 is 2.05 bits per heavy atom. The zero-order valence-electron chi connectivity index (χ0n) is 14.4. The van der Waals surface area contributed by atoms with E-state index in [1.807, 2.05) is 6.92 Å². The molecule has 1 N–H and O–H groups in total. The molecule has 0 saturated heterocycles. The van der Waals surface area contributed by atoms with Crippen LogP contribution < -0.4 is 0 Å². The maximum atomic E-state index is 11.3. The minimum Gasteiger partial charge on any atom is -0.481 e. The summed E-state index contributed by atoms with van der Waals surface area (Å²) >= 11 is 0. The first-order chi connectivity index (χ1) is 10.6. The zero-order chi connectivity index (χ0) is 16.6. The molecule has 4 nitrogen and oxygen atoms in total. The lowest BCUT2D eigenvalue weighted by Crippen LogP contribution is -2.05. The maximum absolute atomic E-state index is 11.3. The Morgan fingerprint density at radius 2 is 1.45 bits per heavy atom. The highest BCUT2D eigenvalue weighted by Crippen LogP contribution is 2.20. The molecular weight excluding hydrogens is 280 g/mol. The Labute approximate surface area is 135 Å². The van der Waals surface area contributed by atoms with Gasteiger partial charge in [0.15, 0.2) is 0 Å². The van der Waals surface area contributed by atoms with Crippen LogP contribution in [0.2, 0.25) is 0 Å². The van der Waals surface area contributed by atoms with E-state index < -0.39 is 5.97 Å². The maximum Gasteiger partial charge on any atom is 0.305 e. The van der Waals surface area contributed by atoms with Gasteiger partial charge in [-0.3, -0.25) is 9.59 Å². The summed E-state index contributed by atoms with van der Waals surface area (Å²) in [6.07, 6.45) is 12.0. The Kier molecular flexibility index (Phi) is 14.1. The molecule has 0 bridgehead atoms. The van der Waals surface area contributed by atoms with Crippen LogP contribution in [0.1, 0.15) is 90.9 Å². The molecule has 130 valence electrons. The Balaban J connectivity index is 3.45. The molecule has 0 aromatic heterocycles. The van der Waals surface area contributed by atoms with E-state index in [1.54, 1.807) is 0 Å². The lowest BCUT2D eigenvalue weighted by Gasteiger charge is -2.14. The first kappa shape index (κ1) is 20.9. The van der Waals surface area contributed by atoms with Gasteiger partial charge < -0.3 is 9.84 Å². The van der Waals surface area contributed by atoms with Crippen LogP contribution in [-0.4, -0.2) is 23.7 Å². The molecule has 4 heteroatoms. The van der Waals surface area contributed by atoms with Gasteiger partial charge in [0.2, 0.25) is 0 Å². The largest absolute Gasteiger partial charge is 0.481 e. The summed E-state index contributed by atoms with van der Waals surface area (Å²) in [5.74, 6) is -0.0336. The number of unbranched alkanes of at least 4 members (excludes halogenated alkanes) is 5. The first-order valence-corrected chi connectivity index (χ1v) is 8.97. The fraction of sp³-hybridized carbons (Fsp3) is 0.889. The summed E-state index contributed by atoms with van der Waals surface area (Å²) in [6.45, 7) is 4.54. The van der Waals surface area contributed by atoms with Gasteiger partial charge in [0, 0.05) is 12.8 Å². The highest BCUT2D eigenvalue weighted by atomic mass is 16.5. The van der Waals surface area contributed by atoms with Gasteiger partial charge in [-0.2, -0.15) is 0 Å². The minimum absolute atomic E-state index is 0.0706. The van der Waals surface area contributed by atoms with Gasteiger partial charge in [-0.1, -0.05) is 51.9 Å². The number of ether oxygens (including phenoxy) is 1. The number of esters is 1. The predicted molar refractivity (Wildman–Crippen MR) is 88.8 cm³/mol. The van der Waals surface area contributed by atoms with E-state index in [-0.39, 0.29) is 5.97 Å². The monoisotopic (exact) mass is 314 g/mol. The molecule has 0 fully saturated rings. The van der Waals surface area contributed by atoms with Crippen LogP contribution >= 0.6 is 0 Å². The van der Waals surface area contributed by atoms with E-state index >= 15 is 0 Å². The van der Waals surface area contributed by atoms with Gasteiger partial charge in [-0.15, -0.1) is 0 Å². The third-order valence-corrected chi connectivity index (χ3v) is 4.13. The van der Waals surface area contributed by atoms with Crippen LogP contribution in [0.15, 0.2) is 0 Å². The Hall–Kier alpha value is -1.06. The van der Waals surface area contributed by atoms with E-state index in [0.717, 1.165) is 38.0 Å². The number of carbonyl (C=O) groups is 2. The van der Waals surface area contributed by atoms with Gasteiger partial charge in [0.1, 0.15) is 0 Å². The number of hydrogen-bond acceptors (Lipinski definition) is 3. The van der Waals surface area contributed by atoms with Crippen molar-refractivity contribution in [2.45, 2.75) is 90.9 Å². The van der Waals surface area contributed by atoms with Crippen molar-refractivity contribution in [2.24, 2.45) is 5.92 Å². The van der Waals surface area contributed by atoms with E-state index in [0.29, 0.717) is 19.4 Å². The van der Waals surface area contributed by atoms with Crippen LogP contribution in [0.25, 0.3) is 0 Å². The average molecular weight is 314 g/mol. The lowest BCUT2D eigenvalue weighted by molar-refractivity contribution is -0.143. The predicted octanol–water partition coefficient (Wildman–Crippen LogP) is 4.95. The van der Waals surface area contributed by atoms with Gasteiger partial charge in [0.05, 0.1) is 6.61 Å². The molecule has 1 atom stereocenters. The Morgan fingerprint density at radius 1 is 0.864 bits per heavy atom. The third kappa shape index (κ3) is 13.9. The summed E-state index contributed by atoms with van der Waals surface area (Å²) in [5, 5.41) is 8.55. The van der Waals surface area contributed by atoms with Crippen molar-refractivity contribution in [3.63, 3.8) is 0 Å². The summed E-state index contributed by atoms with van der Waals surface area (Å²) in [5.41, 5.74) is 0. The number of carboxylic acids is 1. The fourth-order valence-corrected chi connectivity index (χ4v) is 2.74. The Bertz CT molecular complexity index is 289. The van der Waals surface area contributed by atoms with Crippen molar-refractivity contribution < 1.29 is 19.4 Å². The second kappa shape index (κ2) is 14.9. The van der Waals surface area contributed by atoms with Crippen molar-refractivity contribution in [3.05, 3.63) is 0 Å². The van der Waals surface area contributed by atoms with Gasteiger partial charge in [-0.05, 0) is 32.1 Å². The summed E-state index contributed by atoms with van der Waals surface area (Å²) in [7, 11) is 0. The van der Waals surface area contributed by atoms with Crippen molar-refractivity contribution in [3.8, 4) is 0 Å². The number of rotatable bonds is 15. The first-order valence-electron chi connectivity index (χ1n) is 8.97. The van der Waals surface area contributed by atoms with Crippen molar-refractivity contribution >= 4 is 11.9 Å². The molecule has 0 saturated carbocycles. The van der Waals surface area contributed by atoms with Crippen molar-refractivity contribution in [2.75, 3.05) is 6.61 Å². The van der Waals surface area contributed by atoms with Crippen LogP contribution in [0.3, 0.4) is 0 Å². The van der Waals surface area contributed by atoms with E-state index in [1.165, 1.54) is 32.1 Å². The number of hydrogen-bond donors (Lipinski definition) is 1. The van der Waals surface area contributed by atoms with E-state index in [2.05, 4.69) is 6.92 Å². The third-order valence-electron chi connectivity index (χ3n) is 4.13. The standard InChI is InChI=1S/C18H34O4/c1-3-16(13-11-15-18(21)22-4-2)12-9-7-5-6-8-10-14-17(19)20/h16H,3-15H2,1-2H3,(H,19,20). The normalized spacial score (nSPS) is 12.1. The quantitative estimate of drug-likeness (QED) is 0.343. The topological polar surface area (TPSA) is 63.6 Å². The molecule has 0 amide bonds. The minimum atomic E-state index is -0.686. The lowest BCUT2D eigenvalue weighted by atomic mass is 9.93. The van der Waals surface area contributed by atoms with Crippen molar-refractivity contribution in [1.29, 1.82) is 0 Å². The van der Waals surface area contributed by atoms with E-state index in [4.69, 9.17) is 9.84 Å². The second-order valence-electron chi connectivity index (χ2n) is 6.03. The van der Waals surface area contributed by atoms with Crippen LogP contribution in [0.5, 0.6) is 0 Å². The van der Waals surface area contributed by atoms with E-state index in [9.17, 15) is 9.59 Å². The van der Waals surface area contributed by atoms with Crippen LogP contribution in [0, 0.1) is 5.92 Å². The number of aliphatic carboxylic acids is 1. The molecule has 1 unspecified atom stereocenters. The fourth-order valence-electron chi connectivity index (χ4n) is 2.74. The molecule has 0 rings (SSSR count). The average Bonchev–Trinajstić information content (AvgIpc) is 2.48. The molecule has 0 heterocycles. The summed E-state index contributed by atoms with van der Waals surface area (Å²) in [4.78, 5) is 21.7. The van der Waals surface area contributed by atoms with Gasteiger partial charge >= 0.3 is 11.9 Å². The number of carboxylic acid groups (broad SMARTS) is 1. The molecule has 0 aliphatic heterocycles. The number of carbonyl (C=O) groups excluding carboxylic acids is 1. The SMILES string of the molecule is CCOC(=O)CCCC(CC)CCCCCCCCC(=O)O. The van der Waals surface area contributed by atoms with Crippen molar-refractivity contribution in [1.82, 2.24) is 0 Å². The molecule has 0 aromatic rings. The molecule has 0 spiro atoms. The van der Waals surface area contributed by atoms with Crippen LogP contribution in [-0.2, 0) is 14.3 Å². The smallest absolute Gasteiger partial charge is 0.305 e. The second-order valence-corrected chi connectivity index (χ2v) is 6.03. The molecule has 0 radical (unpaired) electrons. The highest BCUT2D eigenvalue weighted by Gasteiger charge is 2.08.